The molecule has 0 saturated heterocycles. The first-order valence-corrected chi connectivity index (χ1v) is 8.49. The third-order valence-electron chi connectivity index (χ3n) is 3.05. The van der Waals surface area contributed by atoms with Gasteiger partial charge in [-0.2, -0.15) is 0 Å². The second-order valence-electron chi connectivity index (χ2n) is 4.78. The molecular weight excluding hydrogens is 288 g/mol. The molecule has 0 amide bonds. The van der Waals surface area contributed by atoms with Gasteiger partial charge in [-0.1, -0.05) is 13.0 Å². The summed E-state index contributed by atoms with van der Waals surface area (Å²) in [4.78, 5) is 4.47. The summed E-state index contributed by atoms with van der Waals surface area (Å²) < 4.78 is 28.6. The average molecular weight is 306 g/mol. The first-order valence-electron chi connectivity index (χ1n) is 6.59. The zero-order valence-corrected chi connectivity index (χ0v) is 12.8. The van der Waals surface area contributed by atoms with Crippen molar-refractivity contribution in [2.24, 2.45) is 5.73 Å². The number of benzene rings is 1. The van der Waals surface area contributed by atoms with Crippen molar-refractivity contribution in [1.82, 2.24) is 4.98 Å². The van der Waals surface area contributed by atoms with Crippen molar-refractivity contribution < 1.29 is 13.2 Å². The lowest BCUT2D eigenvalue weighted by Crippen LogP contribution is -2.10. The van der Waals surface area contributed by atoms with Crippen LogP contribution in [0.3, 0.4) is 0 Å². The van der Waals surface area contributed by atoms with Crippen LogP contribution in [0.4, 0.5) is 0 Å². The average Bonchev–Trinajstić information content (AvgIpc) is 2.47. The van der Waals surface area contributed by atoms with Crippen molar-refractivity contribution in [3.8, 4) is 11.5 Å². The van der Waals surface area contributed by atoms with E-state index >= 15 is 0 Å². The molecule has 1 aromatic heterocycles. The summed E-state index contributed by atoms with van der Waals surface area (Å²) >= 11 is 0. The highest BCUT2D eigenvalue weighted by atomic mass is 32.2. The lowest BCUT2D eigenvalue weighted by molar-refractivity contribution is 0.477. The number of nitrogens with two attached hydrogens (primary N) is 1. The van der Waals surface area contributed by atoms with Gasteiger partial charge in [0.25, 0.3) is 0 Å². The molecule has 0 aliphatic heterocycles. The standard InChI is InChI=1S/C15H18N2O3S/c1-3-14(16)15-8-7-12(10-17-15)20-11-5-4-6-13(9-11)21(2,18)19/h4-10,14H,3,16H2,1-2H3/t14-/m1/s1. The predicted molar refractivity (Wildman–Crippen MR) is 81.1 cm³/mol. The molecule has 0 spiro atoms. The molecule has 0 aliphatic rings. The minimum Gasteiger partial charge on any atom is -0.456 e. The van der Waals surface area contributed by atoms with Crippen LogP contribution in [0.2, 0.25) is 0 Å². The molecule has 0 aliphatic carbocycles. The lowest BCUT2D eigenvalue weighted by atomic mass is 10.1. The molecule has 0 radical (unpaired) electrons. The molecule has 0 unspecified atom stereocenters. The summed E-state index contributed by atoms with van der Waals surface area (Å²) in [5, 5.41) is 0. The van der Waals surface area contributed by atoms with Crippen LogP contribution in [-0.2, 0) is 9.84 Å². The molecular formula is C15H18N2O3S. The van der Waals surface area contributed by atoms with E-state index in [0.717, 1.165) is 18.4 Å². The van der Waals surface area contributed by atoms with Crippen LogP contribution in [0.1, 0.15) is 25.1 Å². The quantitative estimate of drug-likeness (QED) is 0.918. The third kappa shape index (κ3) is 4.03. The summed E-state index contributed by atoms with van der Waals surface area (Å²) in [5.74, 6) is 0.986. The minimum atomic E-state index is -3.25. The van der Waals surface area contributed by atoms with Gasteiger partial charge >= 0.3 is 0 Å². The molecule has 112 valence electrons. The number of rotatable bonds is 5. The van der Waals surface area contributed by atoms with Crippen molar-refractivity contribution in [3.63, 3.8) is 0 Å². The molecule has 2 aromatic rings. The SMILES string of the molecule is CC[C@@H](N)c1ccc(Oc2cccc(S(C)(=O)=O)c2)cn1. The number of aromatic nitrogens is 1. The number of ether oxygens (including phenoxy) is 1. The Bertz CT molecular complexity index is 712. The van der Waals surface area contributed by atoms with E-state index in [9.17, 15) is 8.42 Å². The van der Waals surface area contributed by atoms with E-state index in [2.05, 4.69) is 4.98 Å². The summed E-state index contributed by atoms with van der Waals surface area (Å²) in [6, 6.07) is 9.84. The van der Waals surface area contributed by atoms with Gasteiger partial charge in [-0.05, 0) is 36.8 Å². The van der Waals surface area contributed by atoms with Gasteiger partial charge in [0, 0.05) is 12.3 Å². The van der Waals surface area contributed by atoms with Gasteiger partial charge in [-0.25, -0.2) is 8.42 Å². The maximum Gasteiger partial charge on any atom is 0.175 e. The molecule has 21 heavy (non-hydrogen) atoms. The largest absolute Gasteiger partial charge is 0.456 e. The van der Waals surface area contributed by atoms with Crippen LogP contribution >= 0.6 is 0 Å². The molecule has 2 rings (SSSR count). The highest BCUT2D eigenvalue weighted by Crippen LogP contribution is 2.24. The van der Waals surface area contributed by atoms with Crippen molar-refractivity contribution in [2.75, 3.05) is 6.26 Å². The van der Waals surface area contributed by atoms with Crippen LogP contribution in [0, 0.1) is 0 Å². The fraction of sp³-hybridized carbons (Fsp3) is 0.267. The van der Waals surface area contributed by atoms with Crippen molar-refractivity contribution in [1.29, 1.82) is 0 Å². The third-order valence-corrected chi connectivity index (χ3v) is 4.16. The predicted octanol–water partition coefficient (Wildman–Crippen LogP) is 2.69. The second kappa shape index (κ2) is 6.24. The van der Waals surface area contributed by atoms with Gasteiger partial charge in [0.1, 0.15) is 11.5 Å². The number of sulfone groups is 1. The molecule has 1 aromatic carbocycles. The second-order valence-corrected chi connectivity index (χ2v) is 6.80. The van der Waals surface area contributed by atoms with Crippen LogP contribution < -0.4 is 10.5 Å². The highest BCUT2D eigenvalue weighted by molar-refractivity contribution is 7.90. The molecule has 0 bridgehead atoms. The first kappa shape index (κ1) is 15.5. The minimum absolute atomic E-state index is 0.0902. The summed E-state index contributed by atoms with van der Waals surface area (Å²) in [7, 11) is -3.25. The Hall–Kier alpha value is -1.92. The van der Waals surface area contributed by atoms with Gasteiger partial charge in [0.2, 0.25) is 0 Å². The Morgan fingerprint density at radius 3 is 2.57 bits per heavy atom. The van der Waals surface area contributed by atoms with Gasteiger partial charge < -0.3 is 10.5 Å². The number of hydrogen-bond acceptors (Lipinski definition) is 5. The van der Waals surface area contributed by atoms with Gasteiger partial charge in [0.15, 0.2) is 9.84 Å². The summed E-state index contributed by atoms with van der Waals surface area (Å²) in [5.41, 5.74) is 6.70. The molecule has 1 heterocycles. The molecule has 1 atom stereocenters. The van der Waals surface area contributed by atoms with Gasteiger partial charge in [0.05, 0.1) is 16.8 Å². The Morgan fingerprint density at radius 2 is 2.00 bits per heavy atom. The lowest BCUT2D eigenvalue weighted by Gasteiger charge is -2.10. The topological polar surface area (TPSA) is 82.3 Å². The van der Waals surface area contributed by atoms with E-state index < -0.39 is 9.84 Å². The van der Waals surface area contributed by atoms with Crippen LogP contribution in [0.5, 0.6) is 11.5 Å². The van der Waals surface area contributed by atoms with Gasteiger partial charge in [-0.15, -0.1) is 0 Å². The first-order chi connectivity index (χ1) is 9.90. The monoisotopic (exact) mass is 306 g/mol. The number of hydrogen-bond donors (Lipinski definition) is 1. The van der Waals surface area contributed by atoms with E-state index in [-0.39, 0.29) is 10.9 Å². The Morgan fingerprint density at radius 1 is 1.24 bits per heavy atom. The molecule has 0 fully saturated rings. The molecule has 6 heteroatoms. The zero-order chi connectivity index (χ0) is 15.5. The van der Waals surface area contributed by atoms with Crippen molar-refractivity contribution in [3.05, 3.63) is 48.3 Å². The maximum absolute atomic E-state index is 11.5. The van der Waals surface area contributed by atoms with Crippen LogP contribution in [0.15, 0.2) is 47.5 Å². The summed E-state index contributed by atoms with van der Waals surface area (Å²) in [6.07, 6.45) is 3.55. The maximum atomic E-state index is 11.5. The van der Waals surface area contributed by atoms with E-state index in [1.807, 2.05) is 13.0 Å². The molecule has 2 N–H and O–H groups in total. The highest BCUT2D eigenvalue weighted by Gasteiger charge is 2.09. The Balaban J connectivity index is 2.19. The van der Waals surface area contributed by atoms with E-state index in [4.69, 9.17) is 10.5 Å². The van der Waals surface area contributed by atoms with Gasteiger partial charge in [-0.3, -0.25) is 4.98 Å². The van der Waals surface area contributed by atoms with Crippen molar-refractivity contribution in [2.45, 2.75) is 24.3 Å². The smallest absolute Gasteiger partial charge is 0.175 e. The molecule has 0 saturated carbocycles. The normalized spacial score (nSPS) is 12.9. The molecule has 5 nitrogen and oxygen atoms in total. The van der Waals surface area contributed by atoms with Crippen LogP contribution in [-0.4, -0.2) is 19.7 Å². The van der Waals surface area contributed by atoms with E-state index in [0.29, 0.717) is 11.5 Å². The fourth-order valence-corrected chi connectivity index (χ4v) is 2.44. The van der Waals surface area contributed by atoms with E-state index in [1.165, 1.54) is 12.1 Å². The van der Waals surface area contributed by atoms with E-state index in [1.54, 1.807) is 24.4 Å². The Kier molecular flexibility index (Phi) is 4.59. The fourth-order valence-electron chi connectivity index (χ4n) is 1.79. The zero-order valence-electron chi connectivity index (χ0n) is 12.0. The number of pyridine rings is 1. The van der Waals surface area contributed by atoms with Crippen molar-refractivity contribution >= 4 is 9.84 Å². The summed E-state index contributed by atoms with van der Waals surface area (Å²) in [6.45, 7) is 1.99. The number of nitrogens with zero attached hydrogens (tertiary/aromatic N) is 1. The Labute approximate surface area is 124 Å². The van der Waals surface area contributed by atoms with Crippen LogP contribution in [0.25, 0.3) is 0 Å².